The highest BCUT2D eigenvalue weighted by molar-refractivity contribution is 6.15. The molecule has 63 heavy (non-hydrogen) atoms. The third-order valence-corrected chi connectivity index (χ3v) is 13.6. The normalized spacial score (nSPS) is 12.9. The number of fused-ring (bicyclic) bond motifs is 10. The zero-order chi connectivity index (χ0) is 41.5. The maximum Gasteiger partial charge on any atom is 0.0734 e. The maximum absolute atomic E-state index is 2.55. The van der Waals surface area contributed by atoms with Crippen LogP contribution in [0.25, 0.3) is 88.4 Å². The van der Waals surface area contributed by atoms with Gasteiger partial charge in [-0.2, -0.15) is 0 Å². The molecule has 0 amide bonds. The van der Waals surface area contributed by atoms with Crippen molar-refractivity contribution in [1.82, 2.24) is 9.13 Å². The van der Waals surface area contributed by atoms with Crippen LogP contribution in [-0.4, -0.2) is 9.13 Å². The van der Waals surface area contributed by atoms with Crippen LogP contribution in [0.1, 0.15) is 22.3 Å². The van der Waals surface area contributed by atoms with Crippen LogP contribution in [0.3, 0.4) is 0 Å². The fourth-order valence-corrected chi connectivity index (χ4v) is 10.9. The molecule has 12 aromatic rings. The van der Waals surface area contributed by atoms with Crippen molar-refractivity contribution in [3.63, 3.8) is 0 Å². The van der Waals surface area contributed by atoms with Gasteiger partial charge in [-0.25, -0.2) is 0 Å². The lowest BCUT2D eigenvalue weighted by atomic mass is 9.67. The Morgan fingerprint density at radius 2 is 0.778 bits per heavy atom. The highest BCUT2D eigenvalue weighted by Gasteiger charge is 2.48. The summed E-state index contributed by atoms with van der Waals surface area (Å²) in [6.07, 6.45) is 0. The fraction of sp³-hybridized carbons (Fsp3) is 0.0164. The summed E-state index contributed by atoms with van der Waals surface area (Å²) in [7, 11) is 0. The Labute approximate surface area is 366 Å². The van der Waals surface area contributed by atoms with E-state index in [1.54, 1.807) is 0 Å². The number of hydrogen-bond donors (Lipinski definition) is 0. The summed E-state index contributed by atoms with van der Waals surface area (Å²) in [5.41, 5.74) is 19.1. The Balaban J connectivity index is 1.11. The number of nitrogens with zero attached hydrogens (tertiary/aromatic N) is 2. The van der Waals surface area contributed by atoms with Gasteiger partial charge in [0, 0.05) is 38.5 Å². The predicted molar refractivity (Wildman–Crippen MR) is 263 cm³/mol. The third-order valence-electron chi connectivity index (χ3n) is 13.6. The maximum atomic E-state index is 2.55. The Morgan fingerprint density at radius 3 is 1.46 bits per heavy atom. The number of rotatable bonds is 6. The molecule has 1 aliphatic rings. The molecule has 2 heterocycles. The number of para-hydroxylation sites is 2. The monoisotopic (exact) mass is 800 g/mol. The van der Waals surface area contributed by atoms with Crippen molar-refractivity contribution in [2.75, 3.05) is 0 Å². The van der Waals surface area contributed by atoms with Gasteiger partial charge in [-0.15, -0.1) is 0 Å². The van der Waals surface area contributed by atoms with Crippen LogP contribution >= 0.6 is 0 Å². The van der Waals surface area contributed by atoms with Crippen molar-refractivity contribution in [3.8, 4) is 44.8 Å². The summed E-state index contributed by atoms with van der Waals surface area (Å²) in [6, 6.07) is 89.6. The zero-order valence-corrected chi connectivity index (χ0v) is 34.5. The largest absolute Gasteiger partial charge is 0.309 e. The quantitative estimate of drug-likeness (QED) is 0.159. The predicted octanol–water partition coefficient (Wildman–Crippen LogP) is 15.6. The molecule has 2 heteroatoms. The molecule has 0 aliphatic heterocycles. The Hall–Kier alpha value is -8.20. The van der Waals surface area contributed by atoms with Gasteiger partial charge in [0.05, 0.1) is 27.5 Å². The van der Waals surface area contributed by atoms with Gasteiger partial charge in [-0.05, 0) is 105 Å². The summed E-state index contributed by atoms with van der Waals surface area (Å²) in [4.78, 5) is 0. The highest BCUT2D eigenvalue weighted by Crippen LogP contribution is 2.59. The van der Waals surface area contributed by atoms with Crippen LogP contribution in [-0.2, 0) is 5.41 Å². The van der Waals surface area contributed by atoms with Gasteiger partial charge in [-0.1, -0.05) is 188 Å². The fourth-order valence-electron chi connectivity index (χ4n) is 10.9. The van der Waals surface area contributed by atoms with Gasteiger partial charge in [0.1, 0.15) is 0 Å². The smallest absolute Gasteiger partial charge is 0.0734 e. The number of hydrogen-bond acceptors (Lipinski definition) is 0. The van der Waals surface area contributed by atoms with Gasteiger partial charge in [-0.3, -0.25) is 0 Å². The molecular weight excluding hydrogens is 761 g/mol. The van der Waals surface area contributed by atoms with E-state index in [4.69, 9.17) is 0 Å². The first-order chi connectivity index (χ1) is 31.3. The van der Waals surface area contributed by atoms with Crippen LogP contribution in [0, 0.1) is 0 Å². The molecule has 294 valence electrons. The van der Waals surface area contributed by atoms with Crippen LogP contribution in [0.2, 0.25) is 0 Å². The van der Waals surface area contributed by atoms with Crippen molar-refractivity contribution >= 4 is 43.6 Å². The lowest BCUT2D eigenvalue weighted by Crippen LogP contribution is -2.29. The van der Waals surface area contributed by atoms with Gasteiger partial charge in [0.2, 0.25) is 0 Å². The van der Waals surface area contributed by atoms with Gasteiger partial charge in [0.15, 0.2) is 0 Å². The summed E-state index contributed by atoms with van der Waals surface area (Å²) < 4.78 is 4.93. The van der Waals surface area contributed by atoms with E-state index < -0.39 is 5.41 Å². The molecule has 0 saturated carbocycles. The van der Waals surface area contributed by atoms with Crippen molar-refractivity contribution in [3.05, 3.63) is 265 Å². The van der Waals surface area contributed by atoms with Crippen molar-refractivity contribution in [1.29, 1.82) is 0 Å². The molecule has 0 saturated heterocycles. The van der Waals surface area contributed by atoms with Gasteiger partial charge in [0.25, 0.3) is 0 Å². The highest BCUT2D eigenvalue weighted by atomic mass is 15.0. The molecule has 0 spiro atoms. The van der Waals surface area contributed by atoms with Gasteiger partial charge < -0.3 is 9.13 Å². The zero-order valence-electron chi connectivity index (χ0n) is 34.5. The molecule has 1 aliphatic carbocycles. The topological polar surface area (TPSA) is 9.86 Å². The third kappa shape index (κ3) is 5.19. The van der Waals surface area contributed by atoms with Crippen LogP contribution < -0.4 is 0 Å². The second-order valence-corrected chi connectivity index (χ2v) is 16.8. The lowest BCUT2D eigenvalue weighted by molar-refractivity contribution is 0.772. The van der Waals surface area contributed by atoms with E-state index in [1.165, 1.54) is 105 Å². The Bertz CT molecular complexity index is 3650. The van der Waals surface area contributed by atoms with E-state index in [-0.39, 0.29) is 0 Å². The Kier molecular flexibility index (Phi) is 7.85. The minimum Gasteiger partial charge on any atom is -0.309 e. The minimum absolute atomic E-state index is 0.565. The summed E-state index contributed by atoms with van der Waals surface area (Å²) in [6.45, 7) is 0. The molecule has 0 atom stereocenters. The molecule has 2 nitrogen and oxygen atoms in total. The molecular formula is C61H40N2. The average Bonchev–Trinajstić information content (AvgIpc) is 3.99. The molecule has 0 unspecified atom stereocenters. The first-order valence-electron chi connectivity index (χ1n) is 21.8. The van der Waals surface area contributed by atoms with Crippen LogP contribution in [0.4, 0.5) is 0 Å². The molecule has 2 aromatic heterocycles. The summed E-state index contributed by atoms with van der Waals surface area (Å²) in [5.74, 6) is 0. The second-order valence-electron chi connectivity index (χ2n) is 16.8. The first-order valence-corrected chi connectivity index (χ1v) is 21.8. The van der Waals surface area contributed by atoms with Crippen molar-refractivity contribution in [2.45, 2.75) is 5.41 Å². The molecule has 0 bridgehead atoms. The SMILES string of the molecule is c1ccc(-c2ccc(-n3c4ccc(-c5ccc6c(c5)c5ccccc5n6-c5ccccc5)cc4c4ccc5c(c43)C(c3ccccc3)(c3ccccc3)c3ccccc3-5)cc2)cc1. The van der Waals surface area contributed by atoms with Crippen molar-refractivity contribution < 1.29 is 0 Å². The van der Waals surface area contributed by atoms with Gasteiger partial charge >= 0.3 is 0 Å². The van der Waals surface area contributed by atoms with E-state index in [9.17, 15) is 0 Å². The number of benzene rings is 10. The van der Waals surface area contributed by atoms with Crippen molar-refractivity contribution in [2.24, 2.45) is 0 Å². The first kappa shape index (κ1) is 35.5. The van der Waals surface area contributed by atoms with E-state index in [0.29, 0.717) is 0 Å². The minimum atomic E-state index is -0.565. The molecule has 0 N–H and O–H groups in total. The molecule has 0 radical (unpaired) electrons. The van der Waals surface area contributed by atoms with Crippen LogP contribution in [0.15, 0.2) is 243 Å². The lowest BCUT2D eigenvalue weighted by Gasteiger charge is -2.34. The van der Waals surface area contributed by atoms with Crippen LogP contribution in [0.5, 0.6) is 0 Å². The molecule has 13 rings (SSSR count). The Morgan fingerprint density at radius 1 is 0.286 bits per heavy atom. The van der Waals surface area contributed by atoms with E-state index in [0.717, 1.165) is 5.69 Å². The standard InChI is InChI=1S/C61H40N2/c1-5-17-41(18-6-1)42-29-33-48(34-30-42)63-58-38-32-44(43-31-37-57-53(39-43)50-26-14-16-28-56(50)62(57)47-23-11-4-12-24-47)40-54(58)52-36-35-51-49-25-13-15-27-55(49)61(59(51)60(52)63,45-19-7-2-8-20-45)46-21-9-3-10-22-46/h1-40H. The second kappa shape index (κ2) is 13.9. The number of aromatic nitrogens is 2. The summed E-state index contributed by atoms with van der Waals surface area (Å²) >= 11 is 0. The average molecular weight is 801 g/mol. The van der Waals surface area contributed by atoms with E-state index >= 15 is 0 Å². The summed E-state index contributed by atoms with van der Waals surface area (Å²) in [5, 5.41) is 4.97. The molecule has 10 aromatic carbocycles. The van der Waals surface area contributed by atoms with E-state index in [2.05, 4.69) is 252 Å². The molecule has 0 fully saturated rings. The van der Waals surface area contributed by atoms with E-state index in [1.807, 2.05) is 0 Å².